The van der Waals surface area contributed by atoms with Crippen LogP contribution in [0.2, 0.25) is 5.02 Å². The molecule has 0 unspecified atom stereocenters. The molecule has 1 fully saturated rings. The monoisotopic (exact) mass is 493 g/mol. The third kappa shape index (κ3) is 5.97. The molecule has 0 radical (unpaired) electrons. The number of para-hydroxylation sites is 1. The average molecular weight is 495 g/mol. The van der Waals surface area contributed by atoms with Crippen LogP contribution in [0.25, 0.3) is 0 Å². The van der Waals surface area contributed by atoms with E-state index in [1.54, 1.807) is 23.1 Å². The lowest BCUT2D eigenvalue weighted by Crippen LogP contribution is -2.51. The van der Waals surface area contributed by atoms with E-state index in [9.17, 15) is 9.59 Å². The summed E-state index contributed by atoms with van der Waals surface area (Å²) >= 11 is 9.30. The van der Waals surface area contributed by atoms with Gasteiger partial charge in [-0.2, -0.15) is 0 Å². The highest BCUT2D eigenvalue weighted by Crippen LogP contribution is 2.28. The summed E-state index contributed by atoms with van der Waals surface area (Å²) in [4.78, 5) is 28.7. The topological polar surface area (TPSA) is 61.9 Å². The molecular weight excluding hydrogens is 470 g/mol. The molecule has 3 rings (SSSR count). The maximum Gasteiger partial charge on any atom is 0.260 e. The van der Waals surface area contributed by atoms with E-state index < -0.39 is 0 Å². The van der Waals surface area contributed by atoms with Gasteiger partial charge in [0, 0.05) is 36.9 Å². The van der Waals surface area contributed by atoms with Crippen molar-refractivity contribution in [2.45, 2.75) is 13.8 Å². The molecule has 0 aromatic heterocycles. The van der Waals surface area contributed by atoms with Gasteiger partial charge in [-0.3, -0.25) is 14.5 Å². The second kappa shape index (κ2) is 10.3. The molecule has 1 N–H and O–H groups in total. The number of benzene rings is 2. The highest BCUT2D eigenvalue weighted by molar-refractivity contribution is 9.10. The first kappa shape index (κ1) is 22.6. The standard InChI is InChI=1S/C22H25BrClN3O3/c1-15-4-3-5-16(2)22(15)25-20(28)13-26-8-10-27(11-9-26)21(29)14-30-19-7-6-17(24)12-18(19)23/h3-7,12H,8-11,13-14H2,1-2H3,(H,25,28). The van der Waals surface area contributed by atoms with Gasteiger partial charge < -0.3 is 15.0 Å². The van der Waals surface area contributed by atoms with Crippen molar-refractivity contribution in [1.82, 2.24) is 9.80 Å². The predicted octanol–water partition coefficient (Wildman–Crippen LogP) is 3.88. The lowest BCUT2D eigenvalue weighted by atomic mass is 10.1. The molecule has 30 heavy (non-hydrogen) atoms. The summed E-state index contributed by atoms with van der Waals surface area (Å²) in [5.74, 6) is 0.467. The zero-order valence-corrected chi connectivity index (χ0v) is 19.4. The Bertz CT molecular complexity index is 910. The van der Waals surface area contributed by atoms with Gasteiger partial charge in [0.2, 0.25) is 5.91 Å². The molecule has 6 nitrogen and oxygen atoms in total. The van der Waals surface area contributed by atoms with Crippen LogP contribution in [-0.2, 0) is 9.59 Å². The Kier molecular flexibility index (Phi) is 7.75. The maximum absolute atomic E-state index is 12.5. The molecule has 8 heteroatoms. The van der Waals surface area contributed by atoms with Gasteiger partial charge in [-0.05, 0) is 59.1 Å². The van der Waals surface area contributed by atoms with Crippen LogP contribution in [-0.4, -0.2) is 60.9 Å². The summed E-state index contributed by atoms with van der Waals surface area (Å²) in [7, 11) is 0. The minimum Gasteiger partial charge on any atom is -0.483 e. The first-order valence-corrected chi connectivity index (χ1v) is 10.9. The summed E-state index contributed by atoms with van der Waals surface area (Å²) in [5.41, 5.74) is 2.97. The first-order chi connectivity index (χ1) is 14.3. The highest BCUT2D eigenvalue weighted by Gasteiger charge is 2.23. The number of hydrogen-bond donors (Lipinski definition) is 1. The molecule has 1 heterocycles. The van der Waals surface area contributed by atoms with Gasteiger partial charge in [0.05, 0.1) is 11.0 Å². The lowest BCUT2D eigenvalue weighted by molar-refractivity contribution is -0.135. The third-order valence-electron chi connectivity index (χ3n) is 5.08. The number of rotatable bonds is 6. The van der Waals surface area contributed by atoms with Crippen LogP contribution >= 0.6 is 27.5 Å². The molecule has 0 saturated carbocycles. The van der Waals surface area contributed by atoms with Gasteiger partial charge in [-0.25, -0.2) is 0 Å². The quantitative estimate of drug-likeness (QED) is 0.662. The van der Waals surface area contributed by atoms with Crippen LogP contribution in [0.1, 0.15) is 11.1 Å². The number of halogens is 2. The Morgan fingerprint density at radius 1 is 1.10 bits per heavy atom. The number of nitrogens with zero attached hydrogens (tertiary/aromatic N) is 2. The smallest absolute Gasteiger partial charge is 0.260 e. The first-order valence-electron chi connectivity index (χ1n) is 9.77. The van der Waals surface area contributed by atoms with Crippen molar-refractivity contribution < 1.29 is 14.3 Å². The molecule has 2 aromatic rings. The van der Waals surface area contributed by atoms with Crippen molar-refractivity contribution in [3.05, 3.63) is 57.0 Å². The van der Waals surface area contributed by atoms with E-state index in [1.807, 2.05) is 32.0 Å². The number of amides is 2. The van der Waals surface area contributed by atoms with Gasteiger partial charge in [0.1, 0.15) is 5.75 Å². The van der Waals surface area contributed by atoms with E-state index in [0.29, 0.717) is 48.0 Å². The molecule has 0 aliphatic carbocycles. The van der Waals surface area contributed by atoms with E-state index in [0.717, 1.165) is 16.8 Å². The van der Waals surface area contributed by atoms with Crippen molar-refractivity contribution >= 4 is 45.0 Å². The number of carbonyl (C=O) groups is 2. The fraction of sp³-hybridized carbons (Fsp3) is 0.364. The summed E-state index contributed by atoms with van der Waals surface area (Å²) in [6.45, 7) is 6.68. The van der Waals surface area contributed by atoms with E-state index >= 15 is 0 Å². The molecule has 160 valence electrons. The predicted molar refractivity (Wildman–Crippen MR) is 122 cm³/mol. The molecule has 0 spiro atoms. The number of piperazine rings is 1. The second-order valence-corrected chi connectivity index (χ2v) is 8.63. The number of carbonyl (C=O) groups excluding carboxylic acids is 2. The number of hydrogen-bond acceptors (Lipinski definition) is 4. The minimum absolute atomic E-state index is 0.0344. The van der Waals surface area contributed by atoms with Crippen molar-refractivity contribution in [2.75, 3.05) is 44.6 Å². The lowest BCUT2D eigenvalue weighted by Gasteiger charge is -2.34. The largest absolute Gasteiger partial charge is 0.483 e. The number of aryl methyl sites for hydroxylation is 2. The summed E-state index contributed by atoms with van der Waals surface area (Å²) in [6, 6.07) is 11.1. The molecule has 1 aliphatic heterocycles. The summed E-state index contributed by atoms with van der Waals surface area (Å²) < 4.78 is 6.32. The third-order valence-corrected chi connectivity index (χ3v) is 5.94. The Balaban J connectivity index is 1.44. The number of ether oxygens (including phenoxy) is 1. The van der Waals surface area contributed by atoms with Crippen LogP contribution in [0.15, 0.2) is 40.9 Å². The van der Waals surface area contributed by atoms with E-state index in [1.165, 1.54) is 0 Å². The Morgan fingerprint density at radius 2 is 1.77 bits per heavy atom. The molecule has 0 atom stereocenters. The average Bonchev–Trinajstić information content (AvgIpc) is 2.70. The fourth-order valence-corrected chi connectivity index (χ4v) is 4.17. The van der Waals surface area contributed by atoms with Crippen molar-refractivity contribution in [2.24, 2.45) is 0 Å². The van der Waals surface area contributed by atoms with E-state index in [4.69, 9.17) is 16.3 Å². The summed E-state index contributed by atoms with van der Waals surface area (Å²) in [5, 5.41) is 3.61. The molecule has 0 bridgehead atoms. The van der Waals surface area contributed by atoms with Crippen LogP contribution in [0.3, 0.4) is 0 Å². The Hall–Kier alpha value is -2.09. The zero-order valence-electron chi connectivity index (χ0n) is 17.1. The van der Waals surface area contributed by atoms with Crippen LogP contribution < -0.4 is 10.1 Å². The van der Waals surface area contributed by atoms with E-state index in [-0.39, 0.29) is 18.4 Å². The van der Waals surface area contributed by atoms with Crippen molar-refractivity contribution in [3.8, 4) is 5.75 Å². The molecule has 1 aliphatic rings. The molecular formula is C22H25BrClN3O3. The van der Waals surface area contributed by atoms with Gasteiger partial charge in [-0.15, -0.1) is 0 Å². The highest BCUT2D eigenvalue weighted by atomic mass is 79.9. The van der Waals surface area contributed by atoms with Gasteiger partial charge in [-0.1, -0.05) is 29.8 Å². The maximum atomic E-state index is 12.5. The van der Waals surface area contributed by atoms with Crippen molar-refractivity contribution in [1.29, 1.82) is 0 Å². The van der Waals surface area contributed by atoms with Gasteiger partial charge >= 0.3 is 0 Å². The van der Waals surface area contributed by atoms with Gasteiger partial charge in [0.25, 0.3) is 5.91 Å². The van der Waals surface area contributed by atoms with Crippen LogP contribution in [0.4, 0.5) is 5.69 Å². The van der Waals surface area contributed by atoms with E-state index in [2.05, 4.69) is 26.1 Å². The Morgan fingerprint density at radius 3 is 2.40 bits per heavy atom. The van der Waals surface area contributed by atoms with Crippen LogP contribution in [0.5, 0.6) is 5.75 Å². The number of nitrogens with one attached hydrogen (secondary N) is 1. The normalized spacial score (nSPS) is 14.5. The molecule has 2 aromatic carbocycles. The number of anilines is 1. The fourth-order valence-electron chi connectivity index (χ4n) is 3.37. The Labute approximate surface area is 190 Å². The molecule has 1 saturated heterocycles. The minimum atomic E-state index is -0.0727. The zero-order chi connectivity index (χ0) is 21.7. The van der Waals surface area contributed by atoms with Crippen molar-refractivity contribution in [3.63, 3.8) is 0 Å². The van der Waals surface area contributed by atoms with Crippen LogP contribution in [0, 0.1) is 13.8 Å². The SMILES string of the molecule is Cc1cccc(C)c1NC(=O)CN1CCN(C(=O)COc2ccc(Cl)cc2Br)CC1. The molecule has 2 amide bonds. The second-order valence-electron chi connectivity index (χ2n) is 7.34. The van der Waals surface area contributed by atoms with Gasteiger partial charge in [0.15, 0.2) is 6.61 Å². The summed E-state index contributed by atoms with van der Waals surface area (Å²) in [6.07, 6.45) is 0.